The summed E-state index contributed by atoms with van der Waals surface area (Å²) >= 11 is 0. The second kappa shape index (κ2) is 6.57. The van der Waals surface area contributed by atoms with Crippen LogP contribution in [-0.4, -0.2) is 35.6 Å². The Hall–Kier alpha value is -1.55. The molecule has 4 nitrogen and oxygen atoms in total. The number of hydrogen-bond donors (Lipinski definition) is 1. The molecule has 1 aromatic rings. The minimum Gasteiger partial charge on any atom is -0.484 e. The summed E-state index contributed by atoms with van der Waals surface area (Å²) in [6, 6.07) is 7.23. The smallest absolute Gasteiger partial charge is 0.260 e. The van der Waals surface area contributed by atoms with Crippen LogP contribution in [0.4, 0.5) is 0 Å². The Morgan fingerprint density at radius 1 is 1.37 bits per heavy atom. The first kappa shape index (κ1) is 13.9. The van der Waals surface area contributed by atoms with Gasteiger partial charge in [0.1, 0.15) is 5.75 Å². The van der Waals surface area contributed by atoms with Crippen LogP contribution in [0.1, 0.15) is 37.9 Å². The zero-order valence-electron chi connectivity index (χ0n) is 11.3. The molecule has 0 unspecified atom stereocenters. The van der Waals surface area contributed by atoms with E-state index in [9.17, 15) is 9.90 Å². The lowest BCUT2D eigenvalue weighted by molar-refractivity contribution is -0.134. The molecule has 0 bridgehead atoms. The van der Waals surface area contributed by atoms with Crippen LogP contribution >= 0.6 is 0 Å². The Kier molecular flexibility index (Phi) is 4.80. The van der Waals surface area contributed by atoms with Gasteiger partial charge in [-0.15, -0.1) is 0 Å². The molecule has 0 aromatic heterocycles. The zero-order chi connectivity index (χ0) is 13.7. The zero-order valence-corrected chi connectivity index (χ0v) is 11.3. The van der Waals surface area contributed by atoms with Crippen molar-refractivity contribution in [1.29, 1.82) is 0 Å². The van der Waals surface area contributed by atoms with Crippen LogP contribution in [0.2, 0.25) is 0 Å². The third-order valence-corrected chi connectivity index (χ3v) is 3.41. The topological polar surface area (TPSA) is 49.8 Å². The van der Waals surface area contributed by atoms with Gasteiger partial charge in [-0.1, -0.05) is 12.1 Å². The quantitative estimate of drug-likeness (QED) is 0.905. The average molecular weight is 263 g/mol. The summed E-state index contributed by atoms with van der Waals surface area (Å²) in [5.41, 5.74) is 0.794. The van der Waals surface area contributed by atoms with Crippen molar-refractivity contribution >= 4 is 5.91 Å². The number of carbonyl (C=O) groups excluding carboxylic acids is 1. The van der Waals surface area contributed by atoms with Crippen molar-refractivity contribution in [2.75, 3.05) is 19.7 Å². The highest BCUT2D eigenvalue weighted by molar-refractivity contribution is 5.77. The van der Waals surface area contributed by atoms with Gasteiger partial charge >= 0.3 is 0 Å². The van der Waals surface area contributed by atoms with Gasteiger partial charge in [0, 0.05) is 13.1 Å². The highest BCUT2D eigenvalue weighted by Crippen LogP contribution is 2.19. The number of ether oxygens (including phenoxy) is 1. The molecule has 1 heterocycles. The van der Waals surface area contributed by atoms with E-state index in [-0.39, 0.29) is 12.5 Å². The molecule has 1 aliphatic heterocycles. The Morgan fingerprint density at radius 2 is 2.11 bits per heavy atom. The van der Waals surface area contributed by atoms with Crippen LogP contribution in [0.15, 0.2) is 24.3 Å². The maximum atomic E-state index is 11.9. The number of hydrogen-bond acceptors (Lipinski definition) is 3. The minimum atomic E-state index is -0.527. The van der Waals surface area contributed by atoms with Crippen molar-refractivity contribution in [2.45, 2.75) is 32.3 Å². The van der Waals surface area contributed by atoms with Gasteiger partial charge in [0.15, 0.2) is 6.61 Å². The Bertz CT molecular complexity index is 425. The van der Waals surface area contributed by atoms with Crippen LogP contribution < -0.4 is 4.74 Å². The van der Waals surface area contributed by atoms with Crippen molar-refractivity contribution in [3.8, 4) is 5.75 Å². The molecule has 4 heteroatoms. The summed E-state index contributed by atoms with van der Waals surface area (Å²) in [6.07, 6.45) is 2.86. The highest BCUT2D eigenvalue weighted by Gasteiger charge is 2.16. The first-order valence-corrected chi connectivity index (χ1v) is 6.85. The standard InChI is InChI=1S/C15H21NO3/c1-12(17)13-6-5-7-14(10-13)19-11-15(18)16-8-3-2-4-9-16/h5-7,10,12,17H,2-4,8-9,11H2,1H3/t12-/m0/s1. The molecule has 1 fully saturated rings. The highest BCUT2D eigenvalue weighted by atomic mass is 16.5. The van der Waals surface area contributed by atoms with Gasteiger partial charge in [-0.2, -0.15) is 0 Å². The Morgan fingerprint density at radius 3 is 2.79 bits per heavy atom. The lowest BCUT2D eigenvalue weighted by atomic mass is 10.1. The van der Waals surface area contributed by atoms with Crippen LogP contribution in [0.25, 0.3) is 0 Å². The maximum absolute atomic E-state index is 11.9. The van der Waals surface area contributed by atoms with Crippen molar-refractivity contribution < 1.29 is 14.6 Å². The molecule has 1 saturated heterocycles. The van der Waals surface area contributed by atoms with Gasteiger partial charge in [-0.05, 0) is 43.9 Å². The van der Waals surface area contributed by atoms with E-state index in [4.69, 9.17) is 4.74 Å². The number of likely N-dealkylation sites (tertiary alicyclic amines) is 1. The molecule has 0 aliphatic carbocycles. The fraction of sp³-hybridized carbons (Fsp3) is 0.533. The largest absolute Gasteiger partial charge is 0.484 e. The van der Waals surface area contributed by atoms with Gasteiger partial charge < -0.3 is 14.7 Å². The van der Waals surface area contributed by atoms with Gasteiger partial charge in [0.2, 0.25) is 0 Å². The molecule has 0 radical (unpaired) electrons. The van der Waals surface area contributed by atoms with Crippen molar-refractivity contribution in [3.05, 3.63) is 29.8 Å². The number of piperidine rings is 1. The molecule has 1 atom stereocenters. The van der Waals surface area contributed by atoms with E-state index in [2.05, 4.69) is 0 Å². The Balaban J connectivity index is 1.87. The monoisotopic (exact) mass is 263 g/mol. The fourth-order valence-electron chi connectivity index (χ4n) is 2.24. The molecule has 1 amide bonds. The second-order valence-electron chi connectivity index (χ2n) is 4.98. The first-order chi connectivity index (χ1) is 9.16. The van der Waals surface area contributed by atoms with E-state index in [1.165, 1.54) is 6.42 Å². The molecule has 1 N–H and O–H groups in total. The summed E-state index contributed by atoms with van der Waals surface area (Å²) in [7, 11) is 0. The van der Waals surface area contributed by atoms with E-state index >= 15 is 0 Å². The molecular formula is C15H21NO3. The number of nitrogens with zero attached hydrogens (tertiary/aromatic N) is 1. The fourth-order valence-corrected chi connectivity index (χ4v) is 2.24. The summed E-state index contributed by atoms with van der Waals surface area (Å²) in [5.74, 6) is 0.672. The lowest BCUT2D eigenvalue weighted by Gasteiger charge is -2.26. The maximum Gasteiger partial charge on any atom is 0.260 e. The third-order valence-electron chi connectivity index (χ3n) is 3.41. The molecule has 0 spiro atoms. The van der Waals surface area contributed by atoms with Crippen LogP contribution in [0.3, 0.4) is 0 Å². The summed E-state index contributed by atoms with van der Waals surface area (Å²) < 4.78 is 5.51. The van der Waals surface area contributed by atoms with Crippen molar-refractivity contribution in [1.82, 2.24) is 4.90 Å². The number of benzene rings is 1. The van der Waals surface area contributed by atoms with Crippen molar-refractivity contribution in [3.63, 3.8) is 0 Å². The van der Waals surface area contributed by atoms with E-state index in [1.54, 1.807) is 19.1 Å². The number of amides is 1. The number of carbonyl (C=O) groups is 1. The van der Waals surface area contributed by atoms with Crippen molar-refractivity contribution in [2.24, 2.45) is 0 Å². The molecule has 1 aromatic carbocycles. The van der Waals surface area contributed by atoms with Crippen LogP contribution in [0, 0.1) is 0 Å². The van der Waals surface area contributed by atoms with Gasteiger partial charge in [-0.3, -0.25) is 4.79 Å². The summed E-state index contributed by atoms with van der Waals surface area (Å²) in [4.78, 5) is 13.8. The van der Waals surface area contributed by atoms with E-state index in [0.717, 1.165) is 31.5 Å². The van der Waals surface area contributed by atoms with Crippen LogP contribution in [0.5, 0.6) is 5.75 Å². The van der Waals surface area contributed by atoms with E-state index < -0.39 is 6.10 Å². The summed E-state index contributed by atoms with van der Waals surface area (Å²) in [5, 5.41) is 9.50. The molecule has 2 rings (SSSR count). The lowest BCUT2D eigenvalue weighted by Crippen LogP contribution is -2.38. The number of aliphatic hydroxyl groups is 1. The predicted molar refractivity (Wildman–Crippen MR) is 73.0 cm³/mol. The first-order valence-electron chi connectivity index (χ1n) is 6.85. The third kappa shape index (κ3) is 3.96. The van der Waals surface area contributed by atoms with Gasteiger partial charge in [0.05, 0.1) is 6.10 Å². The molecule has 0 saturated carbocycles. The molecule has 1 aliphatic rings. The SMILES string of the molecule is C[C@H](O)c1cccc(OCC(=O)N2CCCCC2)c1. The van der Waals surface area contributed by atoms with Gasteiger partial charge in [0.25, 0.3) is 5.91 Å². The van der Waals surface area contributed by atoms with Gasteiger partial charge in [-0.25, -0.2) is 0 Å². The molecule has 104 valence electrons. The molecule has 19 heavy (non-hydrogen) atoms. The average Bonchev–Trinajstić information content (AvgIpc) is 2.46. The summed E-state index contributed by atoms with van der Waals surface area (Å²) in [6.45, 7) is 3.47. The van der Waals surface area contributed by atoms with E-state index in [0.29, 0.717) is 5.75 Å². The van der Waals surface area contributed by atoms with E-state index in [1.807, 2.05) is 17.0 Å². The number of rotatable bonds is 4. The predicted octanol–water partition coefficient (Wildman–Crippen LogP) is 2.13. The second-order valence-corrected chi connectivity index (χ2v) is 4.98. The number of aliphatic hydroxyl groups excluding tert-OH is 1. The molecular weight excluding hydrogens is 242 g/mol. The Labute approximate surface area is 114 Å². The minimum absolute atomic E-state index is 0.0437. The normalized spacial score (nSPS) is 17.1. The van der Waals surface area contributed by atoms with Crippen LogP contribution in [-0.2, 0) is 4.79 Å².